The van der Waals surface area contributed by atoms with Crippen molar-refractivity contribution in [3.63, 3.8) is 0 Å². The predicted octanol–water partition coefficient (Wildman–Crippen LogP) is 2.15. The summed E-state index contributed by atoms with van der Waals surface area (Å²) in [5.41, 5.74) is 1.06. The van der Waals surface area contributed by atoms with Crippen molar-refractivity contribution in [2.75, 3.05) is 27.9 Å². The van der Waals surface area contributed by atoms with E-state index in [2.05, 4.69) is 9.46 Å². The van der Waals surface area contributed by atoms with Crippen LogP contribution in [0.5, 0.6) is 5.75 Å². The van der Waals surface area contributed by atoms with E-state index >= 15 is 0 Å². The van der Waals surface area contributed by atoms with E-state index in [0.717, 1.165) is 5.56 Å². The smallest absolute Gasteiger partial charge is 0.337 e. The summed E-state index contributed by atoms with van der Waals surface area (Å²) in [7, 11) is 0.571. The number of nitrogens with one attached hydrogen (secondary N) is 1. The van der Waals surface area contributed by atoms with Crippen LogP contribution in [0.4, 0.5) is 0 Å². The minimum Gasteiger partial charge on any atom is -0.497 e. The number of carbonyl (C=O) groups excluding carboxylic acids is 1. The van der Waals surface area contributed by atoms with Gasteiger partial charge in [-0.15, -0.1) is 0 Å². The number of benzene rings is 2. The second-order valence-electron chi connectivity index (χ2n) is 5.37. The maximum Gasteiger partial charge on any atom is 0.337 e. The number of esters is 1. The Hall–Kier alpha value is -2.42. The van der Waals surface area contributed by atoms with Gasteiger partial charge in [0.15, 0.2) is 0 Å². The van der Waals surface area contributed by atoms with Gasteiger partial charge in [0, 0.05) is 13.7 Å². The Kier molecular flexibility index (Phi) is 6.73. The molecule has 0 saturated carbocycles. The summed E-state index contributed by atoms with van der Waals surface area (Å²) < 4.78 is 42.6. The molecule has 0 saturated heterocycles. The number of sulfonamides is 1. The van der Waals surface area contributed by atoms with E-state index in [1.165, 1.54) is 38.5 Å². The molecule has 1 atom stereocenters. The first kappa shape index (κ1) is 19.9. The molecule has 0 amide bonds. The van der Waals surface area contributed by atoms with Crippen molar-refractivity contribution in [2.24, 2.45) is 0 Å². The predicted molar refractivity (Wildman–Crippen MR) is 95.7 cm³/mol. The van der Waals surface area contributed by atoms with Gasteiger partial charge in [-0.25, -0.2) is 17.9 Å². The number of methoxy groups -OCH3 is 3. The Labute approximate surface area is 152 Å². The van der Waals surface area contributed by atoms with E-state index in [9.17, 15) is 13.2 Å². The highest BCUT2D eigenvalue weighted by atomic mass is 32.2. The number of rotatable bonds is 8. The molecule has 140 valence electrons. The molecular weight excluding hydrogens is 358 g/mol. The summed E-state index contributed by atoms with van der Waals surface area (Å²) in [4.78, 5) is 11.5. The first-order chi connectivity index (χ1) is 12.4. The summed E-state index contributed by atoms with van der Waals surface area (Å²) in [5.74, 6) is 0.130. The topological polar surface area (TPSA) is 90.9 Å². The molecule has 0 spiro atoms. The van der Waals surface area contributed by atoms with Crippen molar-refractivity contribution in [1.29, 1.82) is 0 Å². The van der Waals surface area contributed by atoms with Gasteiger partial charge in [-0.05, 0) is 42.0 Å². The van der Waals surface area contributed by atoms with E-state index in [1.54, 1.807) is 25.3 Å². The normalized spacial score (nSPS) is 12.4. The lowest BCUT2D eigenvalue weighted by molar-refractivity contribution is 0.0600. The van der Waals surface area contributed by atoms with Crippen LogP contribution in [0, 0.1) is 0 Å². The maximum atomic E-state index is 12.5. The molecule has 2 rings (SSSR count). The molecular formula is C18H21NO6S. The van der Waals surface area contributed by atoms with Gasteiger partial charge in [-0.2, -0.15) is 0 Å². The molecule has 0 heterocycles. The fourth-order valence-electron chi connectivity index (χ4n) is 2.34. The largest absolute Gasteiger partial charge is 0.497 e. The van der Waals surface area contributed by atoms with Crippen LogP contribution in [0.2, 0.25) is 0 Å². The lowest BCUT2D eigenvalue weighted by Gasteiger charge is -2.17. The van der Waals surface area contributed by atoms with E-state index in [4.69, 9.17) is 9.47 Å². The standard InChI is InChI=1S/C18H21NO6S/c1-23-15-6-4-5-14(11-15)17(24-2)12-19-26(21,22)16-9-7-13(8-10-16)18(20)25-3/h4-11,17,19H,12H2,1-3H3/t17-/m1/s1. The van der Waals surface area contributed by atoms with Crippen molar-refractivity contribution in [3.8, 4) is 5.75 Å². The van der Waals surface area contributed by atoms with Crippen molar-refractivity contribution in [1.82, 2.24) is 4.72 Å². The SMILES string of the molecule is COC(=O)c1ccc(S(=O)(=O)NC[C@@H](OC)c2cccc(OC)c2)cc1. The Bertz CT molecular complexity index is 848. The fraction of sp³-hybridized carbons (Fsp3) is 0.278. The molecule has 26 heavy (non-hydrogen) atoms. The Morgan fingerprint density at radius 2 is 1.77 bits per heavy atom. The van der Waals surface area contributed by atoms with Gasteiger partial charge in [0.2, 0.25) is 10.0 Å². The van der Waals surface area contributed by atoms with E-state index < -0.39 is 22.1 Å². The molecule has 0 radical (unpaired) electrons. The molecule has 0 aliphatic carbocycles. The van der Waals surface area contributed by atoms with E-state index in [-0.39, 0.29) is 17.0 Å². The first-order valence-electron chi connectivity index (χ1n) is 7.76. The Balaban J connectivity index is 2.11. The Morgan fingerprint density at radius 1 is 1.08 bits per heavy atom. The number of carbonyl (C=O) groups is 1. The molecule has 0 bridgehead atoms. The second-order valence-corrected chi connectivity index (χ2v) is 7.14. The molecule has 8 heteroatoms. The molecule has 7 nitrogen and oxygen atoms in total. The maximum absolute atomic E-state index is 12.5. The molecule has 0 unspecified atom stereocenters. The lowest BCUT2D eigenvalue weighted by Crippen LogP contribution is -2.29. The molecule has 2 aromatic carbocycles. The van der Waals surface area contributed by atoms with Crippen molar-refractivity contribution >= 4 is 16.0 Å². The monoisotopic (exact) mass is 379 g/mol. The molecule has 0 aromatic heterocycles. The van der Waals surface area contributed by atoms with Crippen LogP contribution in [0.1, 0.15) is 22.0 Å². The average molecular weight is 379 g/mol. The van der Waals surface area contributed by atoms with Gasteiger partial charge < -0.3 is 14.2 Å². The minimum absolute atomic E-state index is 0.0464. The van der Waals surface area contributed by atoms with Gasteiger partial charge in [0.1, 0.15) is 5.75 Å². The fourth-order valence-corrected chi connectivity index (χ4v) is 3.37. The van der Waals surface area contributed by atoms with Gasteiger partial charge in [-0.1, -0.05) is 12.1 Å². The number of hydrogen-bond donors (Lipinski definition) is 1. The molecule has 1 N–H and O–H groups in total. The van der Waals surface area contributed by atoms with Crippen LogP contribution >= 0.6 is 0 Å². The molecule has 2 aromatic rings. The van der Waals surface area contributed by atoms with E-state index in [1.807, 2.05) is 6.07 Å². The first-order valence-corrected chi connectivity index (χ1v) is 9.24. The zero-order chi connectivity index (χ0) is 19.2. The van der Waals surface area contributed by atoms with Gasteiger partial charge in [-0.3, -0.25) is 0 Å². The van der Waals surface area contributed by atoms with Gasteiger partial charge >= 0.3 is 5.97 Å². The highest BCUT2D eigenvalue weighted by molar-refractivity contribution is 7.89. The zero-order valence-electron chi connectivity index (χ0n) is 14.8. The zero-order valence-corrected chi connectivity index (χ0v) is 15.6. The van der Waals surface area contributed by atoms with Crippen LogP contribution in [0.15, 0.2) is 53.4 Å². The van der Waals surface area contributed by atoms with Gasteiger partial charge in [0.05, 0.1) is 30.8 Å². The summed E-state index contributed by atoms with van der Waals surface area (Å²) in [6, 6.07) is 12.7. The van der Waals surface area contributed by atoms with Gasteiger partial charge in [0.25, 0.3) is 0 Å². The summed E-state index contributed by atoms with van der Waals surface area (Å²) in [6.07, 6.45) is -0.478. The summed E-state index contributed by atoms with van der Waals surface area (Å²) in [5, 5.41) is 0. The van der Waals surface area contributed by atoms with Crippen LogP contribution in [-0.4, -0.2) is 42.3 Å². The highest BCUT2D eigenvalue weighted by Crippen LogP contribution is 2.21. The Morgan fingerprint density at radius 3 is 2.35 bits per heavy atom. The average Bonchev–Trinajstić information content (AvgIpc) is 2.68. The highest BCUT2D eigenvalue weighted by Gasteiger charge is 2.19. The molecule has 0 aliphatic rings. The third-order valence-electron chi connectivity index (χ3n) is 3.79. The van der Waals surface area contributed by atoms with Crippen molar-refractivity contribution in [2.45, 2.75) is 11.0 Å². The molecule has 0 fully saturated rings. The van der Waals surface area contributed by atoms with E-state index in [0.29, 0.717) is 5.75 Å². The lowest BCUT2D eigenvalue weighted by atomic mass is 10.1. The van der Waals surface area contributed by atoms with Crippen LogP contribution < -0.4 is 9.46 Å². The third-order valence-corrected chi connectivity index (χ3v) is 5.23. The second kappa shape index (κ2) is 8.79. The van der Waals surface area contributed by atoms with Crippen LogP contribution in [-0.2, 0) is 19.5 Å². The summed E-state index contributed by atoms with van der Waals surface area (Å²) in [6.45, 7) is 0.0464. The van der Waals surface area contributed by atoms with Crippen LogP contribution in [0.25, 0.3) is 0 Å². The van der Waals surface area contributed by atoms with Crippen LogP contribution in [0.3, 0.4) is 0 Å². The minimum atomic E-state index is -3.75. The number of ether oxygens (including phenoxy) is 3. The summed E-state index contributed by atoms with van der Waals surface area (Å²) >= 11 is 0. The quantitative estimate of drug-likeness (QED) is 0.707. The molecule has 0 aliphatic heterocycles. The van der Waals surface area contributed by atoms with Crippen molar-refractivity contribution < 1.29 is 27.4 Å². The number of hydrogen-bond acceptors (Lipinski definition) is 6. The van der Waals surface area contributed by atoms with Crippen molar-refractivity contribution in [3.05, 3.63) is 59.7 Å². The third kappa shape index (κ3) is 4.81.